The molecule has 38 heavy (non-hydrogen) atoms. The lowest BCUT2D eigenvalue weighted by molar-refractivity contribution is -0.121. The van der Waals surface area contributed by atoms with Gasteiger partial charge in [0.05, 0.1) is 26.0 Å². The maximum atomic E-state index is 12.8. The van der Waals surface area contributed by atoms with Crippen LogP contribution in [0.5, 0.6) is 11.5 Å². The third-order valence-electron chi connectivity index (χ3n) is 6.24. The Morgan fingerprint density at radius 2 is 1.84 bits per heavy atom. The maximum Gasteiger partial charge on any atom is 0.262 e. The lowest BCUT2D eigenvalue weighted by Crippen LogP contribution is -2.25. The maximum absolute atomic E-state index is 12.8. The van der Waals surface area contributed by atoms with Crippen molar-refractivity contribution in [3.8, 4) is 11.5 Å². The van der Waals surface area contributed by atoms with Gasteiger partial charge in [0.15, 0.2) is 5.17 Å². The van der Waals surface area contributed by atoms with Crippen molar-refractivity contribution in [3.05, 3.63) is 88.9 Å². The minimum atomic E-state index is -0.634. The van der Waals surface area contributed by atoms with Crippen LogP contribution in [0.3, 0.4) is 0 Å². The van der Waals surface area contributed by atoms with Crippen LogP contribution in [0, 0.1) is 0 Å². The van der Waals surface area contributed by atoms with Crippen LogP contribution in [0.25, 0.3) is 0 Å². The molecule has 2 amide bonds. The van der Waals surface area contributed by atoms with Crippen molar-refractivity contribution in [3.63, 3.8) is 0 Å². The number of ether oxygens (including phenoxy) is 2. The Hall–Kier alpha value is -3.82. The predicted octanol–water partition coefficient (Wildman–Crippen LogP) is 5.54. The molecule has 2 atom stereocenters. The number of hydrazone groups is 1. The predicted molar refractivity (Wildman–Crippen MR) is 150 cm³/mol. The van der Waals surface area contributed by atoms with Gasteiger partial charge in [-0.1, -0.05) is 53.7 Å². The molecule has 8 nitrogen and oxygen atoms in total. The van der Waals surface area contributed by atoms with E-state index >= 15 is 0 Å². The van der Waals surface area contributed by atoms with Gasteiger partial charge in [0.1, 0.15) is 16.7 Å². The molecule has 3 aromatic rings. The molecule has 5 rings (SSSR count). The standard InChI is InChI=1S/C28H25ClN4O4S/c1-36-20-12-13-24(37-2)21(14-20)22-15-23(17-8-10-18(29)11-9-17)33(32-22)28-31-27(35)25(38-28)16-26(34)30-19-6-4-3-5-7-19/h3-14,23,25H,15-16H2,1-2H3,(H,30,34)/t23-,25-/m0/s1. The molecule has 3 aromatic carbocycles. The first kappa shape index (κ1) is 25.8. The molecule has 0 aliphatic carbocycles. The summed E-state index contributed by atoms with van der Waals surface area (Å²) in [4.78, 5) is 29.8. The van der Waals surface area contributed by atoms with Gasteiger partial charge in [-0.3, -0.25) is 9.59 Å². The van der Waals surface area contributed by atoms with Gasteiger partial charge < -0.3 is 14.8 Å². The number of benzene rings is 3. The van der Waals surface area contributed by atoms with Gasteiger partial charge in [0.2, 0.25) is 5.91 Å². The van der Waals surface area contributed by atoms with E-state index in [0.717, 1.165) is 16.8 Å². The highest BCUT2D eigenvalue weighted by Gasteiger charge is 2.39. The number of carbonyl (C=O) groups excluding carboxylic acids is 2. The Kier molecular flexibility index (Phi) is 7.67. The van der Waals surface area contributed by atoms with E-state index in [2.05, 4.69) is 10.3 Å². The molecule has 1 N–H and O–H groups in total. The fraction of sp³-hybridized carbons (Fsp3) is 0.214. The number of thioether (sulfide) groups is 1. The van der Waals surface area contributed by atoms with E-state index in [9.17, 15) is 9.59 Å². The Morgan fingerprint density at radius 1 is 1.08 bits per heavy atom. The molecule has 10 heteroatoms. The van der Waals surface area contributed by atoms with Crippen molar-refractivity contribution >= 4 is 51.7 Å². The number of amides is 2. The van der Waals surface area contributed by atoms with Crippen molar-refractivity contribution < 1.29 is 19.1 Å². The number of hydrogen-bond acceptors (Lipinski definition) is 7. The first-order valence-electron chi connectivity index (χ1n) is 11.9. The van der Waals surface area contributed by atoms with E-state index in [1.807, 2.05) is 60.7 Å². The number of amidine groups is 1. The second-order valence-electron chi connectivity index (χ2n) is 8.69. The average Bonchev–Trinajstić information content (AvgIpc) is 3.53. The zero-order chi connectivity index (χ0) is 26.6. The van der Waals surface area contributed by atoms with Crippen LogP contribution in [-0.4, -0.2) is 47.2 Å². The SMILES string of the molecule is COc1ccc(OC)c(C2=NN(C3=NC(=O)[C@H](CC(=O)Nc4ccccc4)S3)[C@H](c3ccc(Cl)cc3)C2)c1. The van der Waals surface area contributed by atoms with Gasteiger partial charge in [0, 0.05) is 29.1 Å². The van der Waals surface area contributed by atoms with Crippen LogP contribution >= 0.6 is 23.4 Å². The molecule has 0 unspecified atom stereocenters. The molecule has 2 aliphatic rings. The smallest absolute Gasteiger partial charge is 0.262 e. The number of carbonyl (C=O) groups is 2. The quantitative estimate of drug-likeness (QED) is 0.417. The fourth-order valence-electron chi connectivity index (χ4n) is 4.34. The number of methoxy groups -OCH3 is 2. The number of aliphatic imine (C=N–C) groups is 1. The van der Waals surface area contributed by atoms with Gasteiger partial charge in [-0.05, 0) is 48.0 Å². The van der Waals surface area contributed by atoms with Crippen LogP contribution in [0.4, 0.5) is 5.69 Å². The average molecular weight is 549 g/mol. The summed E-state index contributed by atoms with van der Waals surface area (Å²) in [6, 6.07) is 22.0. The minimum Gasteiger partial charge on any atom is -0.497 e. The highest BCUT2D eigenvalue weighted by molar-refractivity contribution is 8.15. The zero-order valence-electron chi connectivity index (χ0n) is 20.8. The van der Waals surface area contributed by atoms with Crippen LogP contribution in [0.2, 0.25) is 5.02 Å². The van der Waals surface area contributed by atoms with E-state index in [1.54, 1.807) is 31.4 Å². The Labute approximate surface area is 229 Å². The Balaban J connectivity index is 1.41. The Bertz CT molecular complexity index is 1410. The lowest BCUT2D eigenvalue weighted by atomic mass is 9.98. The first-order valence-corrected chi connectivity index (χ1v) is 13.2. The van der Waals surface area contributed by atoms with Crippen molar-refractivity contribution in [2.45, 2.75) is 24.1 Å². The number of nitrogens with zero attached hydrogens (tertiary/aromatic N) is 3. The number of halogens is 1. The van der Waals surface area contributed by atoms with E-state index in [-0.39, 0.29) is 24.3 Å². The molecular weight excluding hydrogens is 524 g/mol. The number of anilines is 1. The third kappa shape index (κ3) is 5.54. The third-order valence-corrected chi connectivity index (χ3v) is 7.63. The summed E-state index contributed by atoms with van der Waals surface area (Å²) in [6.07, 6.45) is 0.545. The molecule has 194 valence electrons. The van der Waals surface area contributed by atoms with E-state index < -0.39 is 5.25 Å². The summed E-state index contributed by atoms with van der Waals surface area (Å²) in [6.45, 7) is 0. The zero-order valence-corrected chi connectivity index (χ0v) is 22.3. The highest BCUT2D eigenvalue weighted by atomic mass is 35.5. The van der Waals surface area contributed by atoms with Crippen molar-refractivity contribution in [2.24, 2.45) is 10.1 Å². The van der Waals surface area contributed by atoms with Gasteiger partial charge >= 0.3 is 0 Å². The van der Waals surface area contributed by atoms with Gasteiger partial charge in [-0.2, -0.15) is 10.1 Å². The molecule has 0 aromatic heterocycles. The summed E-state index contributed by atoms with van der Waals surface area (Å²) in [5.41, 5.74) is 3.21. The summed E-state index contributed by atoms with van der Waals surface area (Å²) in [5.74, 6) is 0.733. The lowest BCUT2D eigenvalue weighted by Gasteiger charge is -2.23. The molecule has 0 saturated heterocycles. The van der Waals surface area contributed by atoms with Crippen molar-refractivity contribution in [1.82, 2.24) is 5.01 Å². The van der Waals surface area contributed by atoms with Gasteiger partial charge in [-0.15, -0.1) is 0 Å². The number of nitrogens with one attached hydrogen (secondary N) is 1. The Morgan fingerprint density at radius 3 is 2.55 bits per heavy atom. The topological polar surface area (TPSA) is 92.6 Å². The molecule has 0 radical (unpaired) electrons. The monoisotopic (exact) mass is 548 g/mol. The summed E-state index contributed by atoms with van der Waals surface area (Å²) in [5, 5.41) is 9.93. The van der Waals surface area contributed by atoms with Crippen LogP contribution < -0.4 is 14.8 Å². The molecule has 0 bridgehead atoms. The van der Waals surface area contributed by atoms with Crippen molar-refractivity contribution in [2.75, 3.05) is 19.5 Å². The van der Waals surface area contributed by atoms with Crippen LogP contribution in [-0.2, 0) is 9.59 Å². The summed E-state index contributed by atoms with van der Waals surface area (Å²) >= 11 is 7.39. The normalized spacial score (nSPS) is 18.7. The molecule has 0 spiro atoms. The molecule has 0 saturated carbocycles. The van der Waals surface area contributed by atoms with Crippen LogP contribution in [0.15, 0.2) is 82.9 Å². The van der Waals surface area contributed by atoms with E-state index in [4.69, 9.17) is 26.2 Å². The largest absolute Gasteiger partial charge is 0.497 e. The number of para-hydroxylation sites is 1. The van der Waals surface area contributed by atoms with Crippen molar-refractivity contribution in [1.29, 1.82) is 0 Å². The van der Waals surface area contributed by atoms with E-state index in [1.165, 1.54) is 11.8 Å². The van der Waals surface area contributed by atoms with Gasteiger partial charge in [-0.25, -0.2) is 5.01 Å². The second-order valence-corrected chi connectivity index (χ2v) is 10.3. The highest BCUT2D eigenvalue weighted by Crippen LogP contribution is 2.40. The summed E-state index contributed by atoms with van der Waals surface area (Å²) < 4.78 is 11.0. The number of rotatable bonds is 7. The van der Waals surface area contributed by atoms with Gasteiger partial charge in [0.25, 0.3) is 5.91 Å². The van der Waals surface area contributed by atoms with Crippen LogP contribution in [0.1, 0.15) is 30.0 Å². The summed E-state index contributed by atoms with van der Waals surface area (Å²) in [7, 11) is 3.21. The second kappa shape index (κ2) is 11.3. The molecule has 0 fully saturated rings. The molecular formula is C28H25ClN4O4S. The molecule has 2 aliphatic heterocycles. The fourth-order valence-corrected chi connectivity index (χ4v) is 5.53. The van der Waals surface area contributed by atoms with E-state index in [0.29, 0.717) is 33.8 Å². The first-order chi connectivity index (χ1) is 18.4. The molecule has 2 heterocycles. The number of hydrogen-bond donors (Lipinski definition) is 1. The minimum absolute atomic E-state index is 0.00508.